The number of esters is 1. The van der Waals surface area contributed by atoms with Gasteiger partial charge in [0.05, 0.1) is 18.6 Å². The highest BCUT2D eigenvalue weighted by molar-refractivity contribution is 5.78. The van der Waals surface area contributed by atoms with Gasteiger partial charge in [0.25, 0.3) is 0 Å². The summed E-state index contributed by atoms with van der Waals surface area (Å²) in [7, 11) is 0. The Bertz CT molecular complexity index is 788. The summed E-state index contributed by atoms with van der Waals surface area (Å²) in [5.41, 5.74) is 1.06. The SMILES string of the molecule is O=C(OCc1ccc(CN2CCC(O)CC2)o1)[C@@H](c1ccccc1)C1CCCCC1. The fraction of sp³-hybridized carbons (Fsp3) is 0.560. The van der Waals surface area contributed by atoms with Crippen molar-refractivity contribution >= 4 is 5.97 Å². The molecule has 1 aromatic heterocycles. The Kier molecular flexibility index (Phi) is 7.24. The van der Waals surface area contributed by atoms with Crippen LogP contribution in [0.25, 0.3) is 0 Å². The lowest BCUT2D eigenvalue weighted by atomic mass is 9.77. The number of rotatable bonds is 7. The Labute approximate surface area is 179 Å². The lowest BCUT2D eigenvalue weighted by molar-refractivity contribution is -0.149. The van der Waals surface area contributed by atoms with Gasteiger partial charge in [-0.1, -0.05) is 49.6 Å². The first-order chi connectivity index (χ1) is 14.7. The smallest absolute Gasteiger partial charge is 0.314 e. The Morgan fingerprint density at radius 3 is 2.43 bits per heavy atom. The molecular formula is C25H33NO4. The number of hydrogen-bond donors (Lipinski definition) is 1. The molecule has 30 heavy (non-hydrogen) atoms. The predicted molar refractivity (Wildman–Crippen MR) is 115 cm³/mol. The quantitative estimate of drug-likeness (QED) is 0.672. The zero-order valence-corrected chi connectivity index (χ0v) is 17.7. The van der Waals surface area contributed by atoms with Crippen LogP contribution in [-0.2, 0) is 22.7 Å². The highest BCUT2D eigenvalue weighted by atomic mass is 16.5. The number of hydrogen-bond acceptors (Lipinski definition) is 5. The van der Waals surface area contributed by atoms with E-state index in [0.29, 0.717) is 11.7 Å². The van der Waals surface area contributed by atoms with Crippen LogP contribution in [-0.4, -0.2) is 35.2 Å². The number of ether oxygens (including phenoxy) is 1. The largest absolute Gasteiger partial charge is 0.461 e. The van der Waals surface area contributed by atoms with E-state index in [1.807, 2.05) is 42.5 Å². The third-order valence-electron chi connectivity index (χ3n) is 6.54. The molecule has 0 spiro atoms. The van der Waals surface area contributed by atoms with Gasteiger partial charge in [0.2, 0.25) is 0 Å². The van der Waals surface area contributed by atoms with Crippen LogP contribution in [0.15, 0.2) is 46.9 Å². The molecule has 0 unspecified atom stereocenters. The molecule has 1 aliphatic carbocycles. The molecule has 1 saturated carbocycles. The van der Waals surface area contributed by atoms with Crippen molar-refractivity contribution in [1.29, 1.82) is 0 Å². The summed E-state index contributed by atoms with van der Waals surface area (Å²) in [5.74, 6) is 1.59. The van der Waals surface area contributed by atoms with Crippen molar-refractivity contribution in [1.82, 2.24) is 4.90 Å². The molecule has 162 valence electrons. The monoisotopic (exact) mass is 411 g/mol. The van der Waals surface area contributed by atoms with Crippen LogP contribution in [0, 0.1) is 5.92 Å². The topological polar surface area (TPSA) is 62.9 Å². The van der Waals surface area contributed by atoms with E-state index in [1.165, 1.54) is 19.3 Å². The highest BCUT2D eigenvalue weighted by Crippen LogP contribution is 2.37. The van der Waals surface area contributed by atoms with Crippen molar-refractivity contribution < 1.29 is 19.1 Å². The average molecular weight is 412 g/mol. The summed E-state index contributed by atoms with van der Waals surface area (Å²) < 4.78 is 11.6. The minimum Gasteiger partial charge on any atom is -0.461 e. The summed E-state index contributed by atoms with van der Waals surface area (Å²) in [6.07, 6.45) is 7.27. The van der Waals surface area contributed by atoms with E-state index in [9.17, 15) is 9.90 Å². The van der Waals surface area contributed by atoms with Gasteiger partial charge in [0, 0.05) is 13.1 Å². The molecule has 1 atom stereocenters. The van der Waals surface area contributed by atoms with Crippen molar-refractivity contribution in [2.45, 2.75) is 70.1 Å². The van der Waals surface area contributed by atoms with E-state index in [2.05, 4.69) is 4.90 Å². The number of aliphatic hydroxyl groups is 1. The molecule has 2 heterocycles. The molecular weight excluding hydrogens is 378 g/mol. The second-order valence-electron chi connectivity index (χ2n) is 8.77. The van der Waals surface area contributed by atoms with E-state index in [1.54, 1.807) is 0 Å². The van der Waals surface area contributed by atoms with Crippen LogP contribution in [0.2, 0.25) is 0 Å². The highest BCUT2D eigenvalue weighted by Gasteiger charge is 2.32. The zero-order chi connectivity index (χ0) is 20.8. The summed E-state index contributed by atoms with van der Waals surface area (Å²) in [6, 6.07) is 13.9. The molecule has 1 aromatic carbocycles. The van der Waals surface area contributed by atoms with Gasteiger partial charge < -0.3 is 14.3 Å². The molecule has 5 nitrogen and oxygen atoms in total. The van der Waals surface area contributed by atoms with Crippen molar-refractivity contribution in [3.63, 3.8) is 0 Å². The maximum Gasteiger partial charge on any atom is 0.314 e. The van der Waals surface area contributed by atoms with E-state index >= 15 is 0 Å². The Morgan fingerprint density at radius 1 is 1.00 bits per heavy atom. The van der Waals surface area contributed by atoms with Gasteiger partial charge >= 0.3 is 5.97 Å². The molecule has 2 aliphatic rings. The van der Waals surface area contributed by atoms with E-state index in [0.717, 1.165) is 56.6 Å². The van der Waals surface area contributed by atoms with Gasteiger partial charge in [0.1, 0.15) is 18.1 Å². The van der Waals surface area contributed by atoms with Crippen molar-refractivity contribution in [2.24, 2.45) is 5.92 Å². The number of nitrogens with zero attached hydrogens (tertiary/aromatic N) is 1. The third kappa shape index (κ3) is 5.52. The zero-order valence-electron chi connectivity index (χ0n) is 17.7. The number of carbonyl (C=O) groups is 1. The Balaban J connectivity index is 1.35. The average Bonchev–Trinajstić information content (AvgIpc) is 3.23. The van der Waals surface area contributed by atoms with Gasteiger partial charge in [-0.25, -0.2) is 0 Å². The van der Waals surface area contributed by atoms with E-state index < -0.39 is 0 Å². The molecule has 2 aromatic rings. The van der Waals surface area contributed by atoms with Gasteiger partial charge in [-0.05, 0) is 49.3 Å². The first-order valence-corrected chi connectivity index (χ1v) is 11.4. The molecule has 0 radical (unpaired) electrons. The van der Waals surface area contributed by atoms with Crippen LogP contribution in [0.4, 0.5) is 0 Å². The van der Waals surface area contributed by atoms with E-state index in [-0.39, 0.29) is 24.6 Å². The van der Waals surface area contributed by atoms with Crippen molar-refractivity contribution in [2.75, 3.05) is 13.1 Å². The molecule has 1 N–H and O–H groups in total. The number of benzene rings is 1. The predicted octanol–water partition coefficient (Wildman–Crippen LogP) is 4.64. The van der Waals surface area contributed by atoms with Gasteiger partial charge in [0.15, 0.2) is 0 Å². The van der Waals surface area contributed by atoms with Crippen LogP contribution >= 0.6 is 0 Å². The number of aliphatic hydroxyl groups excluding tert-OH is 1. The number of carbonyl (C=O) groups excluding carboxylic acids is 1. The van der Waals surface area contributed by atoms with E-state index in [4.69, 9.17) is 9.15 Å². The standard InChI is InChI=1S/C25H33NO4/c27-21-13-15-26(16-14-21)17-22-11-12-23(30-22)18-29-25(28)24(19-7-3-1-4-8-19)20-9-5-2-6-10-20/h1,3-4,7-8,11-12,20-21,24,27H,2,5-6,9-10,13-18H2/t24-/m0/s1. The first-order valence-electron chi connectivity index (χ1n) is 11.4. The molecule has 1 aliphatic heterocycles. The van der Waals surface area contributed by atoms with Crippen molar-refractivity contribution in [3.05, 3.63) is 59.5 Å². The van der Waals surface area contributed by atoms with Gasteiger partial charge in [-0.15, -0.1) is 0 Å². The molecule has 0 amide bonds. The van der Waals surface area contributed by atoms with Crippen LogP contribution in [0.5, 0.6) is 0 Å². The first kappa shape index (κ1) is 21.1. The summed E-state index contributed by atoms with van der Waals surface area (Å²) >= 11 is 0. The fourth-order valence-electron chi connectivity index (χ4n) is 4.84. The van der Waals surface area contributed by atoms with Crippen LogP contribution < -0.4 is 0 Å². The van der Waals surface area contributed by atoms with Crippen molar-refractivity contribution in [3.8, 4) is 0 Å². The summed E-state index contributed by atoms with van der Waals surface area (Å²) in [6.45, 7) is 2.67. The number of piperidine rings is 1. The minimum absolute atomic E-state index is 0.143. The van der Waals surface area contributed by atoms with Gasteiger partial charge in [-0.3, -0.25) is 9.69 Å². The second-order valence-corrected chi connectivity index (χ2v) is 8.77. The summed E-state index contributed by atoms with van der Waals surface area (Å²) in [4.78, 5) is 15.4. The van der Waals surface area contributed by atoms with Crippen LogP contribution in [0.1, 0.15) is 67.9 Å². The lowest BCUT2D eigenvalue weighted by Crippen LogP contribution is -2.35. The molecule has 0 bridgehead atoms. The summed E-state index contributed by atoms with van der Waals surface area (Å²) in [5, 5.41) is 9.64. The molecule has 4 rings (SSSR count). The minimum atomic E-state index is -0.194. The maximum atomic E-state index is 13.1. The number of furan rings is 1. The lowest BCUT2D eigenvalue weighted by Gasteiger charge is -2.29. The maximum absolute atomic E-state index is 13.1. The Morgan fingerprint density at radius 2 is 1.70 bits per heavy atom. The second kappa shape index (κ2) is 10.3. The fourth-order valence-corrected chi connectivity index (χ4v) is 4.84. The third-order valence-corrected chi connectivity index (χ3v) is 6.54. The molecule has 5 heteroatoms. The van der Waals surface area contributed by atoms with Crippen LogP contribution in [0.3, 0.4) is 0 Å². The number of likely N-dealkylation sites (tertiary alicyclic amines) is 1. The molecule has 1 saturated heterocycles. The Hall–Kier alpha value is -2.11. The van der Waals surface area contributed by atoms with Gasteiger partial charge in [-0.2, -0.15) is 0 Å². The molecule has 2 fully saturated rings. The normalized spacial score (nSPS) is 20.2.